The fourth-order valence-electron chi connectivity index (χ4n) is 3.97. The van der Waals surface area contributed by atoms with Gasteiger partial charge in [0.1, 0.15) is 11.3 Å². The topological polar surface area (TPSA) is 54.3 Å². The average molecular weight is 377 g/mol. The van der Waals surface area contributed by atoms with Gasteiger partial charge < -0.3 is 14.4 Å². The minimum absolute atomic E-state index is 0.123. The average Bonchev–Trinajstić information content (AvgIpc) is 3.04. The van der Waals surface area contributed by atoms with Gasteiger partial charge in [0, 0.05) is 44.5 Å². The third-order valence-electron chi connectivity index (χ3n) is 5.53. The SMILES string of the molecule is CCc1cc(C(=O)N2CC(C)(C)C2)ccc1N(C)c1cc2c(cn1)ncn2C. The van der Waals surface area contributed by atoms with E-state index in [0.717, 1.165) is 53.2 Å². The van der Waals surface area contributed by atoms with Gasteiger partial charge in [0.2, 0.25) is 0 Å². The smallest absolute Gasteiger partial charge is 0.253 e. The number of aromatic nitrogens is 3. The number of likely N-dealkylation sites (tertiary alicyclic amines) is 1. The molecule has 0 saturated carbocycles. The first-order chi connectivity index (χ1) is 13.3. The molecule has 28 heavy (non-hydrogen) atoms. The monoisotopic (exact) mass is 377 g/mol. The molecule has 0 spiro atoms. The number of aryl methyl sites for hydroxylation is 2. The summed E-state index contributed by atoms with van der Waals surface area (Å²) in [5.74, 6) is 0.979. The van der Waals surface area contributed by atoms with Crippen LogP contribution in [-0.2, 0) is 13.5 Å². The molecule has 1 fully saturated rings. The Kier molecular flexibility index (Phi) is 4.37. The highest BCUT2D eigenvalue weighted by atomic mass is 16.2. The zero-order valence-electron chi connectivity index (χ0n) is 17.2. The normalized spacial score (nSPS) is 15.5. The van der Waals surface area contributed by atoms with E-state index >= 15 is 0 Å². The Morgan fingerprint density at radius 2 is 1.96 bits per heavy atom. The lowest BCUT2D eigenvalue weighted by atomic mass is 9.84. The number of pyridine rings is 1. The van der Waals surface area contributed by atoms with Gasteiger partial charge >= 0.3 is 0 Å². The van der Waals surface area contributed by atoms with Crippen molar-refractivity contribution in [1.29, 1.82) is 0 Å². The van der Waals surface area contributed by atoms with Gasteiger partial charge in [-0.15, -0.1) is 0 Å². The highest BCUT2D eigenvalue weighted by molar-refractivity contribution is 5.95. The first-order valence-electron chi connectivity index (χ1n) is 9.72. The van der Waals surface area contributed by atoms with E-state index in [2.05, 4.69) is 35.6 Å². The number of anilines is 2. The molecular weight excluding hydrogens is 350 g/mol. The van der Waals surface area contributed by atoms with Crippen molar-refractivity contribution in [3.05, 3.63) is 47.9 Å². The van der Waals surface area contributed by atoms with Gasteiger partial charge in [-0.05, 0) is 35.6 Å². The van der Waals surface area contributed by atoms with Crippen LogP contribution in [0.1, 0.15) is 36.7 Å². The first-order valence-corrected chi connectivity index (χ1v) is 9.72. The number of imidazole rings is 1. The van der Waals surface area contributed by atoms with Gasteiger partial charge in [0.05, 0.1) is 18.0 Å². The maximum Gasteiger partial charge on any atom is 0.253 e. The molecule has 1 aliphatic heterocycles. The lowest BCUT2D eigenvalue weighted by molar-refractivity contribution is 0.0236. The second-order valence-corrected chi connectivity index (χ2v) is 8.47. The maximum absolute atomic E-state index is 12.8. The summed E-state index contributed by atoms with van der Waals surface area (Å²) in [6, 6.07) is 8.04. The Labute approximate surface area is 165 Å². The number of hydrogen-bond donors (Lipinski definition) is 0. The molecule has 0 aliphatic carbocycles. The predicted octanol–water partition coefficient (Wildman–Crippen LogP) is 3.78. The molecule has 1 aliphatic rings. The number of hydrogen-bond acceptors (Lipinski definition) is 4. The molecule has 6 nitrogen and oxygen atoms in total. The van der Waals surface area contributed by atoms with E-state index in [0.29, 0.717) is 0 Å². The van der Waals surface area contributed by atoms with Crippen molar-refractivity contribution in [2.75, 3.05) is 25.0 Å². The van der Waals surface area contributed by atoms with Gasteiger partial charge in [-0.1, -0.05) is 20.8 Å². The molecule has 1 aromatic carbocycles. The molecule has 6 heteroatoms. The van der Waals surface area contributed by atoms with E-state index in [1.54, 1.807) is 12.5 Å². The van der Waals surface area contributed by atoms with Crippen LogP contribution in [0, 0.1) is 5.41 Å². The van der Waals surface area contributed by atoms with E-state index in [1.165, 1.54) is 0 Å². The number of fused-ring (bicyclic) bond motifs is 1. The van der Waals surface area contributed by atoms with Crippen molar-refractivity contribution in [3.63, 3.8) is 0 Å². The summed E-state index contributed by atoms with van der Waals surface area (Å²) in [6.45, 7) is 8.15. The quantitative estimate of drug-likeness (QED) is 0.694. The first kappa shape index (κ1) is 18.5. The lowest BCUT2D eigenvalue weighted by Gasteiger charge is -2.45. The van der Waals surface area contributed by atoms with E-state index in [4.69, 9.17) is 0 Å². The Hall–Kier alpha value is -2.89. The highest BCUT2D eigenvalue weighted by Gasteiger charge is 2.37. The van der Waals surface area contributed by atoms with Crippen LogP contribution in [0.3, 0.4) is 0 Å². The lowest BCUT2D eigenvalue weighted by Crippen LogP contribution is -2.55. The molecule has 1 saturated heterocycles. The third-order valence-corrected chi connectivity index (χ3v) is 5.53. The zero-order valence-corrected chi connectivity index (χ0v) is 17.2. The van der Waals surface area contributed by atoms with Crippen LogP contribution in [0.15, 0.2) is 36.8 Å². The highest BCUT2D eigenvalue weighted by Crippen LogP contribution is 2.32. The van der Waals surface area contributed by atoms with Crippen LogP contribution in [-0.4, -0.2) is 45.5 Å². The molecule has 3 heterocycles. The Bertz CT molecular complexity index is 1040. The summed E-state index contributed by atoms with van der Waals surface area (Å²) in [5.41, 5.74) is 5.13. The summed E-state index contributed by atoms with van der Waals surface area (Å²) in [7, 11) is 3.99. The largest absolute Gasteiger partial charge is 0.337 e. The van der Waals surface area contributed by atoms with Crippen LogP contribution in [0.25, 0.3) is 11.0 Å². The summed E-state index contributed by atoms with van der Waals surface area (Å²) in [6.07, 6.45) is 4.45. The molecule has 0 bridgehead atoms. The molecule has 3 aromatic rings. The Morgan fingerprint density at radius 1 is 1.21 bits per heavy atom. The molecule has 4 rings (SSSR count). The van der Waals surface area contributed by atoms with Crippen LogP contribution in [0.5, 0.6) is 0 Å². The van der Waals surface area contributed by atoms with Gasteiger partial charge in [-0.2, -0.15) is 0 Å². The van der Waals surface area contributed by atoms with Crippen molar-refractivity contribution >= 4 is 28.4 Å². The number of carbonyl (C=O) groups excluding carboxylic acids is 1. The van der Waals surface area contributed by atoms with Crippen LogP contribution >= 0.6 is 0 Å². The molecule has 1 amide bonds. The maximum atomic E-state index is 12.8. The summed E-state index contributed by atoms with van der Waals surface area (Å²) >= 11 is 0. The third kappa shape index (κ3) is 3.13. The summed E-state index contributed by atoms with van der Waals surface area (Å²) in [4.78, 5) is 25.7. The fraction of sp³-hybridized carbons (Fsp3) is 0.409. The molecule has 2 aromatic heterocycles. The minimum Gasteiger partial charge on any atom is -0.337 e. The van der Waals surface area contributed by atoms with Gasteiger partial charge in [-0.25, -0.2) is 9.97 Å². The van der Waals surface area contributed by atoms with Gasteiger partial charge in [0.25, 0.3) is 5.91 Å². The van der Waals surface area contributed by atoms with Gasteiger partial charge in [0.15, 0.2) is 0 Å². The van der Waals surface area contributed by atoms with Crippen LogP contribution in [0.2, 0.25) is 0 Å². The van der Waals surface area contributed by atoms with Gasteiger partial charge in [-0.3, -0.25) is 4.79 Å². The number of carbonyl (C=O) groups is 1. The minimum atomic E-state index is 0.123. The second-order valence-electron chi connectivity index (χ2n) is 8.47. The van der Waals surface area contributed by atoms with Crippen molar-refractivity contribution in [1.82, 2.24) is 19.4 Å². The molecule has 0 N–H and O–H groups in total. The molecular formula is C22H27N5O. The van der Waals surface area contributed by atoms with Crippen molar-refractivity contribution < 1.29 is 4.79 Å². The van der Waals surface area contributed by atoms with Crippen LogP contribution < -0.4 is 4.90 Å². The van der Waals surface area contributed by atoms with E-state index in [1.807, 2.05) is 47.8 Å². The molecule has 0 radical (unpaired) electrons. The van der Waals surface area contributed by atoms with E-state index in [9.17, 15) is 4.79 Å². The Balaban J connectivity index is 1.63. The number of amides is 1. The van der Waals surface area contributed by atoms with Crippen molar-refractivity contribution in [3.8, 4) is 0 Å². The molecule has 0 unspecified atom stereocenters. The predicted molar refractivity (Wildman–Crippen MR) is 112 cm³/mol. The number of nitrogens with zero attached hydrogens (tertiary/aromatic N) is 5. The summed E-state index contributed by atoms with van der Waals surface area (Å²) < 4.78 is 1.99. The molecule has 0 atom stereocenters. The van der Waals surface area contributed by atoms with Crippen molar-refractivity contribution in [2.24, 2.45) is 12.5 Å². The fourth-order valence-corrected chi connectivity index (χ4v) is 3.97. The standard InChI is InChI=1S/C22H27N5O/c1-6-15-9-16(21(28)27-12-22(2,3)13-27)7-8-18(15)26(5)20-10-19-17(11-23-20)24-14-25(19)4/h7-11,14H,6,12-13H2,1-5H3. The number of rotatable bonds is 4. The molecule has 146 valence electrons. The summed E-state index contributed by atoms with van der Waals surface area (Å²) in [5, 5.41) is 0. The van der Waals surface area contributed by atoms with E-state index in [-0.39, 0.29) is 11.3 Å². The van der Waals surface area contributed by atoms with E-state index < -0.39 is 0 Å². The van der Waals surface area contributed by atoms with Crippen LogP contribution in [0.4, 0.5) is 11.5 Å². The number of benzene rings is 1. The zero-order chi connectivity index (χ0) is 20.1. The Morgan fingerprint density at radius 3 is 2.64 bits per heavy atom. The van der Waals surface area contributed by atoms with Crippen molar-refractivity contribution in [2.45, 2.75) is 27.2 Å². The second kappa shape index (κ2) is 6.62.